The van der Waals surface area contributed by atoms with E-state index in [1.807, 2.05) is 53.4 Å². The summed E-state index contributed by atoms with van der Waals surface area (Å²) in [7, 11) is 0. The number of hydrogen-bond donors (Lipinski definition) is 1. The van der Waals surface area contributed by atoms with E-state index in [1.165, 1.54) is 6.92 Å². The molecule has 5 rings (SSSR count). The van der Waals surface area contributed by atoms with Gasteiger partial charge in [0.05, 0.1) is 16.8 Å². The highest BCUT2D eigenvalue weighted by atomic mass is 16.6. The fourth-order valence-electron chi connectivity index (χ4n) is 4.50. The SMILES string of the molecule is CC(=O)NCC1CCN(C(=O)c2cc(-c3ccc4c(c3)OCCO4)nc3ccccc23)CC1. The summed E-state index contributed by atoms with van der Waals surface area (Å²) in [5, 5.41) is 3.74. The van der Waals surface area contributed by atoms with E-state index in [9.17, 15) is 9.59 Å². The normalized spacial score (nSPS) is 16.0. The summed E-state index contributed by atoms with van der Waals surface area (Å²) in [6.45, 7) is 4.62. The maximum Gasteiger partial charge on any atom is 0.254 e. The van der Waals surface area contributed by atoms with Crippen molar-refractivity contribution in [3.05, 3.63) is 54.1 Å². The Morgan fingerprint density at radius 1 is 1.03 bits per heavy atom. The van der Waals surface area contributed by atoms with Crippen LogP contribution in [-0.2, 0) is 4.79 Å². The van der Waals surface area contributed by atoms with Crippen LogP contribution in [0.4, 0.5) is 0 Å². The Morgan fingerprint density at radius 2 is 1.79 bits per heavy atom. The van der Waals surface area contributed by atoms with Crippen LogP contribution in [0, 0.1) is 5.92 Å². The van der Waals surface area contributed by atoms with E-state index < -0.39 is 0 Å². The third-order valence-electron chi connectivity index (χ3n) is 6.33. The number of carbonyl (C=O) groups is 2. The molecule has 1 N–H and O–H groups in total. The number of hydrogen-bond acceptors (Lipinski definition) is 5. The second kappa shape index (κ2) is 9.10. The monoisotopic (exact) mass is 445 g/mol. The van der Waals surface area contributed by atoms with E-state index in [1.54, 1.807) is 0 Å². The van der Waals surface area contributed by atoms with Gasteiger partial charge in [0.1, 0.15) is 13.2 Å². The molecule has 2 aliphatic heterocycles. The maximum atomic E-state index is 13.6. The third-order valence-corrected chi connectivity index (χ3v) is 6.33. The molecule has 1 saturated heterocycles. The Kier molecular flexibility index (Phi) is 5.86. The molecular formula is C26H27N3O4. The highest BCUT2D eigenvalue weighted by molar-refractivity contribution is 6.07. The number of rotatable bonds is 4. The van der Waals surface area contributed by atoms with Gasteiger partial charge < -0.3 is 19.7 Å². The van der Waals surface area contributed by atoms with E-state index >= 15 is 0 Å². The van der Waals surface area contributed by atoms with E-state index in [-0.39, 0.29) is 11.8 Å². The quantitative estimate of drug-likeness (QED) is 0.663. The van der Waals surface area contributed by atoms with Gasteiger partial charge in [0.25, 0.3) is 5.91 Å². The van der Waals surface area contributed by atoms with Crippen LogP contribution in [0.25, 0.3) is 22.2 Å². The van der Waals surface area contributed by atoms with Gasteiger partial charge >= 0.3 is 0 Å². The fourth-order valence-corrected chi connectivity index (χ4v) is 4.50. The summed E-state index contributed by atoms with van der Waals surface area (Å²) in [6, 6.07) is 15.4. The Labute approximate surface area is 192 Å². The average Bonchev–Trinajstić information content (AvgIpc) is 2.86. The molecule has 7 nitrogen and oxygen atoms in total. The standard InChI is InChI=1S/C26H27N3O4/c1-17(30)27-16-18-8-10-29(11-9-18)26(31)21-15-23(28-22-5-3-2-4-20(21)22)19-6-7-24-25(14-19)33-13-12-32-24/h2-7,14-15,18H,8-13,16H2,1H3,(H,27,30). The smallest absolute Gasteiger partial charge is 0.254 e. The van der Waals surface area contributed by atoms with E-state index in [0.29, 0.717) is 50.1 Å². The predicted molar refractivity (Wildman–Crippen MR) is 125 cm³/mol. The number of para-hydroxylation sites is 1. The van der Waals surface area contributed by atoms with Gasteiger partial charge in [-0.1, -0.05) is 18.2 Å². The van der Waals surface area contributed by atoms with Crippen molar-refractivity contribution in [1.29, 1.82) is 0 Å². The largest absolute Gasteiger partial charge is 0.486 e. The first-order valence-corrected chi connectivity index (χ1v) is 11.4. The van der Waals surface area contributed by atoms with Gasteiger partial charge in [0.2, 0.25) is 5.91 Å². The van der Waals surface area contributed by atoms with Crippen molar-refractivity contribution in [3.63, 3.8) is 0 Å². The highest BCUT2D eigenvalue weighted by Gasteiger charge is 2.26. The van der Waals surface area contributed by atoms with Gasteiger partial charge in [-0.3, -0.25) is 9.59 Å². The fraction of sp³-hybridized carbons (Fsp3) is 0.346. The van der Waals surface area contributed by atoms with Crippen molar-refractivity contribution >= 4 is 22.7 Å². The van der Waals surface area contributed by atoms with Crippen LogP contribution in [-0.4, -0.2) is 54.5 Å². The molecule has 0 bridgehead atoms. The molecule has 0 radical (unpaired) electrons. The number of amides is 2. The molecule has 0 atom stereocenters. The molecule has 0 spiro atoms. The van der Waals surface area contributed by atoms with Crippen LogP contribution in [0.1, 0.15) is 30.1 Å². The minimum absolute atomic E-state index is 0.0107. The van der Waals surface area contributed by atoms with E-state index in [0.717, 1.165) is 40.8 Å². The van der Waals surface area contributed by atoms with Crippen molar-refractivity contribution < 1.29 is 19.1 Å². The molecule has 0 saturated carbocycles. The molecule has 0 unspecified atom stereocenters. The summed E-state index contributed by atoms with van der Waals surface area (Å²) in [5.74, 6) is 1.83. The molecule has 3 heterocycles. The van der Waals surface area contributed by atoms with Gasteiger partial charge in [-0.25, -0.2) is 4.98 Å². The number of piperidine rings is 1. The van der Waals surface area contributed by atoms with Crippen molar-refractivity contribution in [1.82, 2.24) is 15.2 Å². The van der Waals surface area contributed by atoms with Crippen LogP contribution in [0.3, 0.4) is 0 Å². The minimum atomic E-state index is -0.0107. The Morgan fingerprint density at radius 3 is 2.58 bits per heavy atom. The number of benzene rings is 2. The van der Waals surface area contributed by atoms with Gasteiger partial charge in [0.15, 0.2) is 11.5 Å². The zero-order chi connectivity index (χ0) is 22.8. The van der Waals surface area contributed by atoms with Gasteiger partial charge in [-0.05, 0) is 49.1 Å². The lowest BCUT2D eigenvalue weighted by Crippen LogP contribution is -2.41. The van der Waals surface area contributed by atoms with Crippen LogP contribution >= 0.6 is 0 Å². The number of aromatic nitrogens is 1. The number of fused-ring (bicyclic) bond motifs is 2. The topological polar surface area (TPSA) is 80.8 Å². The predicted octanol–water partition coefficient (Wildman–Crippen LogP) is 3.66. The van der Waals surface area contributed by atoms with Crippen LogP contribution < -0.4 is 14.8 Å². The summed E-state index contributed by atoms with van der Waals surface area (Å²) in [5.41, 5.74) is 3.06. The van der Waals surface area contributed by atoms with E-state index in [4.69, 9.17) is 14.5 Å². The van der Waals surface area contributed by atoms with Crippen molar-refractivity contribution in [3.8, 4) is 22.8 Å². The van der Waals surface area contributed by atoms with Crippen molar-refractivity contribution in [2.24, 2.45) is 5.92 Å². The first kappa shape index (κ1) is 21.2. The number of nitrogens with one attached hydrogen (secondary N) is 1. The van der Waals surface area contributed by atoms with Gasteiger partial charge in [0, 0.05) is 37.5 Å². The second-order valence-electron chi connectivity index (χ2n) is 8.60. The summed E-state index contributed by atoms with van der Waals surface area (Å²) < 4.78 is 11.4. The summed E-state index contributed by atoms with van der Waals surface area (Å²) in [4.78, 5) is 31.5. The lowest BCUT2D eigenvalue weighted by molar-refractivity contribution is -0.119. The molecular weight excluding hydrogens is 418 g/mol. The lowest BCUT2D eigenvalue weighted by atomic mass is 9.95. The molecule has 2 aromatic carbocycles. The third kappa shape index (κ3) is 4.49. The first-order chi connectivity index (χ1) is 16.1. The van der Waals surface area contributed by atoms with Crippen LogP contribution in [0.15, 0.2) is 48.5 Å². The number of nitrogens with zero attached hydrogens (tertiary/aromatic N) is 2. The molecule has 0 aliphatic carbocycles. The molecule has 3 aromatic rings. The number of ether oxygens (including phenoxy) is 2. The Bertz CT molecular complexity index is 1200. The van der Waals surface area contributed by atoms with Crippen molar-refractivity contribution in [2.45, 2.75) is 19.8 Å². The highest BCUT2D eigenvalue weighted by Crippen LogP contribution is 2.35. The molecule has 2 aliphatic rings. The zero-order valence-electron chi connectivity index (χ0n) is 18.7. The Hall–Kier alpha value is -3.61. The molecule has 170 valence electrons. The second-order valence-corrected chi connectivity index (χ2v) is 8.60. The number of likely N-dealkylation sites (tertiary alicyclic amines) is 1. The summed E-state index contributed by atoms with van der Waals surface area (Å²) in [6.07, 6.45) is 1.76. The molecule has 7 heteroatoms. The zero-order valence-corrected chi connectivity index (χ0v) is 18.7. The van der Waals surface area contributed by atoms with Crippen LogP contribution in [0.2, 0.25) is 0 Å². The van der Waals surface area contributed by atoms with Crippen LogP contribution in [0.5, 0.6) is 11.5 Å². The maximum absolute atomic E-state index is 13.6. The Balaban J connectivity index is 1.43. The van der Waals surface area contributed by atoms with Gasteiger partial charge in [-0.2, -0.15) is 0 Å². The van der Waals surface area contributed by atoms with Gasteiger partial charge in [-0.15, -0.1) is 0 Å². The minimum Gasteiger partial charge on any atom is -0.486 e. The molecule has 1 aromatic heterocycles. The number of pyridine rings is 1. The molecule has 1 fully saturated rings. The van der Waals surface area contributed by atoms with Crippen molar-refractivity contribution in [2.75, 3.05) is 32.8 Å². The average molecular weight is 446 g/mol. The van der Waals surface area contributed by atoms with E-state index in [2.05, 4.69) is 5.32 Å². The first-order valence-electron chi connectivity index (χ1n) is 11.4. The summed E-state index contributed by atoms with van der Waals surface area (Å²) >= 11 is 0. The number of carbonyl (C=O) groups excluding carboxylic acids is 2. The molecule has 33 heavy (non-hydrogen) atoms. The molecule has 2 amide bonds. The lowest BCUT2D eigenvalue weighted by Gasteiger charge is -2.32.